The molecule has 2 atom stereocenters. The number of rotatable bonds is 2. The van der Waals surface area contributed by atoms with E-state index < -0.39 is 0 Å². The normalized spacial score (nSPS) is 25.3. The highest BCUT2D eigenvalue weighted by molar-refractivity contribution is 7.18. The van der Waals surface area contributed by atoms with Crippen LogP contribution in [0.2, 0.25) is 0 Å². The topological polar surface area (TPSA) is 59.9 Å². The molecule has 1 aliphatic heterocycles. The van der Waals surface area contributed by atoms with E-state index in [2.05, 4.69) is 20.3 Å². The number of hydrogen-bond donors (Lipinski definition) is 1. The highest BCUT2D eigenvalue weighted by atomic mass is 32.1. The first-order chi connectivity index (χ1) is 7.86. The zero-order chi connectivity index (χ0) is 11.0. The Balaban J connectivity index is 1.89. The van der Waals surface area contributed by atoms with Crippen molar-refractivity contribution in [1.29, 1.82) is 0 Å². The summed E-state index contributed by atoms with van der Waals surface area (Å²) in [5.74, 6) is 0. The van der Waals surface area contributed by atoms with E-state index in [1.165, 1.54) is 0 Å². The molecule has 16 heavy (non-hydrogen) atoms. The van der Waals surface area contributed by atoms with E-state index in [1.54, 1.807) is 30.8 Å². The largest absolute Gasteiger partial charge is 0.380 e. The van der Waals surface area contributed by atoms with Crippen molar-refractivity contribution in [3.05, 3.63) is 17.4 Å². The van der Waals surface area contributed by atoms with Crippen LogP contribution in [0.4, 0.5) is 0 Å². The van der Waals surface area contributed by atoms with Crippen LogP contribution in [-0.4, -0.2) is 34.7 Å². The summed E-state index contributed by atoms with van der Waals surface area (Å²) in [4.78, 5) is 13.8. The molecule has 84 valence electrons. The number of nitrogens with one attached hydrogen (secondary N) is 1. The summed E-state index contributed by atoms with van der Waals surface area (Å²) in [5, 5.41) is 4.46. The van der Waals surface area contributed by atoms with E-state index in [-0.39, 0.29) is 12.1 Å². The minimum atomic E-state index is 0.283. The fraction of sp³-hybridized carbons (Fsp3) is 0.500. The van der Waals surface area contributed by atoms with E-state index in [9.17, 15) is 0 Å². The lowest BCUT2D eigenvalue weighted by molar-refractivity contribution is 0.117. The van der Waals surface area contributed by atoms with Gasteiger partial charge in [0.25, 0.3) is 0 Å². The first kappa shape index (κ1) is 10.1. The van der Waals surface area contributed by atoms with Gasteiger partial charge in [0.15, 0.2) is 10.5 Å². The van der Waals surface area contributed by atoms with Crippen molar-refractivity contribution in [1.82, 2.24) is 20.3 Å². The Morgan fingerprint density at radius 1 is 1.44 bits per heavy atom. The Morgan fingerprint density at radius 3 is 3.06 bits per heavy atom. The van der Waals surface area contributed by atoms with Gasteiger partial charge in [-0.2, -0.15) is 0 Å². The lowest BCUT2D eigenvalue weighted by atomic mass is 10.2. The monoisotopic (exact) mass is 236 g/mol. The molecular weight excluding hydrogens is 224 g/mol. The smallest absolute Gasteiger partial charge is 0.189 e. The van der Waals surface area contributed by atoms with Gasteiger partial charge in [0.1, 0.15) is 5.01 Å². The van der Waals surface area contributed by atoms with Crippen LogP contribution in [0.3, 0.4) is 0 Å². The molecule has 1 N–H and O–H groups in total. The molecule has 2 aromatic rings. The van der Waals surface area contributed by atoms with Gasteiger partial charge in [-0.25, -0.2) is 15.0 Å². The van der Waals surface area contributed by atoms with E-state index in [0.717, 1.165) is 28.5 Å². The van der Waals surface area contributed by atoms with Gasteiger partial charge in [-0.15, -0.1) is 0 Å². The minimum Gasteiger partial charge on any atom is -0.380 e. The van der Waals surface area contributed by atoms with E-state index in [0.29, 0.717) is 0 Å². The maximum atomic E-state index is 5.32. The molecule has 0 amide bonds. The van der Waals surface area contributed by atoms with Crippen LogP contribution in [0.15, 0.2) is 12.4 Å². The number of methoxy groups -OCH3 is 1. The highest BCUT2D eigenvalue weighted by Crippen LogP contribution is 2.29. The summed E-state index contributed by atoms with van der Waals surface area (Å²) in [7, 11) is 1.75. The van der Waals surface area contributed by atoms with Gasteiger partial charge in [-0.1, -0.05) is 11.3 Å². The van der Waals surface area contributed by atoms with Gasteiger partial charge in [0, 0.05) is 26.0 Å². The predicted octanol–water partition coefficient (Wildman–Crippen LogP) is 1.14. The maximum absolute atomic E-state index is 5.32. The minimum absolute atomic E-state index is 0.283. The Kier molecular flexibility index (Phi) is 2.55. The third kappa shape index (κ3) is 1.68. The first-order valence-corrected chi connectivity index (χ1v) is 6.02. The highest BCUT2D eigenvalue weighted by Gasteiger charge is 2.27. The molecule has 6 heteroatoms. The Hall–Kier alpha value is -1.11. The average molecular weight is 236 g/mol. The van der Waals surface area contributed by atoms with Crippen molar-refractivity contribution >= 4 is 21.8 Å². The maximum Gasteiger partial charge on any atom is 0.189 e. The van der Waals surface area contributed by atoms with Gasteiger partial charge < -0.3 is 10.1 Å². The summed E-state index contributed by atoms with van der Waals surface area (Å²) >= 11 is 1.60. The molecule has 5 nitrogen and oxygen atoms in total. The lowest BCUT2D eigenvalue weighted by Gasteiger charge is -2.05. The van der Waals surface area contributed by atoms with Gasteiger partial charge in [0.2, 0.25) is 0 Å². The Morgan fingerprint density at radius 2 is 2.31 bits per heavy atom. The number of fused-ring (bicyclic) bond motifs is 1. The van der Waals surface area contributed by atoms with Crippen LogP contribution in [0, 0.1) is 0 Å². The van der Waals surface area contributed by atoms with Gasteiger partial charge in [0.05, 0.1) is 12.1 Å². The van der Waals surface area contributed by atoms with Crippen molar-refractivity contribution < 1.29 is 4.74 Å². The van der Waals surface area contributed by atoms with Crippen molar-refractivity contribution in [2.45, 2.75) is 18.6 Å². The van der Waals surface area contributed by atoms with Gasteiger partial charge >= 0.3 is 0 Å². The van der Waals surface area contributed by atoms with Crippen LogP contribution in [0.25, 0.3) is 10.5 Å². The molecule has 0 radical (unpaired) electrons. The molecule has 0 spiro atoms. The second-order valence-electron chi connectivity index (χ2n) is 3.79. The number of nitrogens with zero attached hydrogens (tertiary/aromatic N) is 3. The number of aromatic nitrogens is 3. The zero-order valence-electron chi connectivity index (χ0n) is 8.88. The molecule has 2 unspecified atom stereocenters. The van der Waals surface area contributed by atoms with E-state index in [4.69, 9.17) is 4.74 Å². The van der Waals surface area contributed by atoms with Crippen molar-refractivity contribution in [3.63, 3.8) is 0 Å². The fourth-order valence-electron chi connectivity index (χ4n) is 1.91. The fourth-order valence-corrected chi connectivity index (χ4v) is 2.87. The first-order valence-electron chi connectivity index (χ1n) is 5.20. The van der Waals surface area contributed by atoms with Crippen LogP contribution in [0.1, 0.15) is 17.5 Å². The third-order valence-corrected chi connectivity index (χ3v) is 3.85. The molecule has 3 rings (SSSR count). The standard InChI is InChI=1S/C10H12N4OS/c1-15-6-4-7(13-5-6)9-14-8-10(16-9)12-3-2-11-8/h2-3,6-7,13H,4-5H2,1H3. The molecule has 2 aromatic heterocycles. The predicted molar refractivity (Wildman–Crippen MR) is 61.4 cm³/mol. The molecule has 0 aromatic carbocycles. The average Bonchev–Trinajstić information content (AvgIpc) is 2.95. The lowest BCUT2D eigenvalue weighted by Crippen LogP contribution is -2.15. The zero-order valence-corrected chi connectivity index (χ0v) is 9.70. The Bertz CT molecular complexity index is 467. The van der Waals surface area contributed by atoms with Crippen LogP contribution in [0.5, 0.6) is 0 Å². The molecule has 3 heterocycles. The molecular formula is C10H12N4OS. The molecule has 0 aliphatic carbocycles. The Labute approximate surface area is 96.9 Å². The second-order valence-corrected chi connectivity index (χ2v) is 4.80. The van der Waals surface area contributed by atoms with E-state index >= 15 is 0 Å². The molecule has 0 bridgehead atoms. The summed E-state index contributed by atoms with van der Waals surface area (Å²) < 4.78 is 5.32. The summed E-state index contributed by atoms with van der Waals surface area (Å²) in [5.41, 5.74) is 0.741. The van der Waals surface area contributed by atoms with Crippen LogP contribution < -0.4 is 5.32 Å². The number of hydrogen-bond acceptors (Lipinski definition) is 6. The van der Waals surface area contributed by atoms with Crippen molar-refractivity contribution in [2.24, 2.45) is 0 Å². The van der Waals surface area contributed by atoms with Crippen LogP contribution >= 0.6 is 11.3 Å². The van der Waals surface area contributed by atoms with Crippen molar-refractivity contribution in [3.8, 4) is 0 Å². The molecule has 1 fully saturated rings. The summed E-state index contributed by atoms with van der Waals surface area (Å²) in [6.07, 6.45) is 4.63. The summed E-state index contributed by atoms with van der Waals surface area (Å²) in [6, 6.07) is 0.283. The van der Waals surface area contributed by atoms with E-state index in [1.807, 2.05) is 0 Å². The summed E-state index contributed by atoms with van der Waals surface area (Å²) in [6.45, 7) is 0.887. The molecule has 1 aliphatic rings. The molecule has 0 saturated carbocycles. The third-order valence-electron chi connectivity index (χ3n) is 2.79. The van der Waals surface area contributed by atoms with Crippen LogP contribution in [-0.2, 0) is 4.74 Å². The number of ether oxygens (including phenoxy) is 1. The SMILES string of the molecule is COC1CNC(c2nc3nccnc3s2)C1. The quantitative estimate of drug-likeness (QED) is 0.847. The van der Waals surface area contributed by atoms with Gasteiger partial charge in [-0.05, 0) is 6.42 Å². The molecule has 1 saturated heterocycles. The second kappa shape index (κ2) is 4.04. The van der Waals surface area contributed by atoms with Gasteiger partial charge in [-0.3, -0.25) is 0 Å². The number of thiazole rings is 1. The van der Waals surface area contributed by atoms with Crippen molar-refractivity contribution in [2.75, 3.05) is 13.7 Å².